The van der Waals surface area contributed by atoms with Crippen molar-refractivity contribution in [2.24, 2.45) is 0 Å². The largest absolute Gasteiger partial charge is 0.352 e. The Morgan fingerprint density at radius 2 is 1.88 bits per heavy atom. The van der Waals surface area contributed by atoms with Crippen LogP contribution in [0.2, 0.25) is 0 Å². The van der Waals surface area contributed by atoms with E-state index in [2.05, 4.69) is 11.9 Å². The summed E-state index contributed by atoms with van der Waals surface area (Å²) in [6, 6.07) is 8.10. The second kappa shape index (κ2) is 5.27. The van der Waals surface area contributed by atoms with Crippen LogP contribution in [0, 0.1) is 0 Å². The maximum absolute atomic E-state index is 11.4. The molecule has 1 rings (SSSR count). The predicted octanol–water partition coefficient (Wildman–Crippen LogP) is 1.56. The van der Waals surface area contributed by atoms with Gasteiger partial charge in [0.15, 0.2) is 5.78 Å². The first kappa shape index (κ1) is 13.6. The van der Waals surface area contributed by atoms with Crippen LogP contribution in [-0.2, 0) is 9.36 Å². The molecule has 0 aromatic heterocycles. The van der Waals surface area contributed by atoms with Crippen LogP contribution in [0.5, 0.6) is 0 Å². The molecule has 0 aliphatic carbocycles. The molecular weight excluding hydrogens is 241 g/mol. The second-order valence-electron chi connectivity index (χ2n) is 3.66. The number of nitrogens with one attached hydrogen (secondary N) is 1. The van der Waals surface area contributed by atoms with Crippen molar-refractivity contribution < 1.29 is 19.1 Å². The number of hydrogen-bond acceptors (Lipinski definition) is 2. The number of carbonyl (C=O) groups excluding carboxylic acids is 1. The fourth-order valence-electron chi connectivity index (χ4n) is 1.24. The van der Waals surface area contributed by atoms with Crippen molar-refractivity contribution in [3.63, 3.8) is 0 Å². The van der Waals surface area contributed by atoms with Gasteiger partial charge in [-0.05, 0) is 12.5 Å². The molecule has 3 N–H and O–H groups in total. The summed E-state index contributed by atoms with van der Waals surface area (Å²) < 4.78 is 11.3. The molecule has 1 amide bonds. The minimum atomic E-state index is -4.46. The predicted molar refractivity (Wildman–Crippen MR) is 64.2 cm³/mol. The molecule has 1 aromatic rings. The van der Waals surface area contributed by atoms with Gasteiger partial charge in [0.1, 0.15) is 0 Å². The Balaban J connectivity index is 3.03. The van der Waals surface area contributed by atoms with E-state index in [1.807, 2.05) is 0 Å². The number of carbonyl (C=O) groups is 1. The molecular formula is C11H14NO4P. The minimum Gasteiger partial charge on any atom is -0.335 e. The van der Waals surface area contributed by atoms with Crippen LogP contribution >= 0.6 is 7.60 Å². The average molecular weight is 255 g/mol. The van der Waals surface area contributed by atoms with Gasteiger partial charge in [-0.25, -0.2) is 0 Å². The lowest BCUT2D eigenvalue weighted by Gasteiger charge is -2.20. The van der Waals surface area contributed by atoms with Crippen molar-refractivity contribution in [1.82, 2.24) is 5.32 Å². The first-order valence-electron chi connectivity index (χ1n) is 4.89. The van der Waals surface area contributed by atoms with Crippen molar-refractivity contribution in [3.05, 3.63) is 48.0 Å². The van der Waals surface area contributed by atoms with Crippen LogP contribution in [0.4, 0.5) is 0 Å². The molecule has 6 heteroatoms. The van der Waals surface area contributed by atoms with Gasteiger partial charge in [-0.2, -0.15) is 0 Å². The van der Waals surface area contributed by atoms with Crippen LogP contribution in [0.25, 0.3) is 0 Å². The summed E-state index contributed by atoms with van der Waals surface area (Å²) in [4.78, 5) is 29.9. The van der Waals surface area contributed by atoms with E-state index in [1.54, 1.807) is 30.3 Å². The number of hydrogen-bond donors (Lipinski definition) is 3. The third-order valence-electron chi connectivity index (χ3n) is 2.11. The second-order valence-corrected chi connectivity index (χ2v) is 5.35. The number of amides is 1. The molecule has 0 aliphatic heterocycles. The van der Waals surface area contributed by atoms with Gasteiger partial charge >= 0.3 is 7.60 Å². The van der Waals surface area contributed by atoms with Gasteiger partial charge in [0.2, 0.25) is 5.91 Å². The van der Waals surface area contributed by atoms with E-state index < -0.39 is 19.3 Å². The Kier molecular flexibility index (Phi) is 4.23. The van der Waals surface area contributed by atoms with Crippen LogP contribution in [-0.4, -0.2) is 15.7 Å². The summed E-state index contributed by atoms with van der Waals surface area (Å²) in [6.45, 7) is 4.89. The van der Waals surface area contributed by atoms with E-state index in [-0.39, 0.29) is 5.57 Å². The van der Waals surface area contributed by atoms with Gasteiger partial charge in [-0.1, -0.05) is 36.9 Å². The lowest BCUT2D eigenvalue weighted by Crippen LogP contribution is -2.28. The molecule has 0 saturated carbocycles. The molecule has 0 heterocycles. The highest BCUT2D eigenvalue weighted by Gasteiger charge is 2.31. The minimum absolute atomic E-state index is 0.194. The molecule has 0 fully saturated rings. The van der Waals surface area contributed by atoms with E-state index in [0.29, 0.717) is 5.56 Å². The zero-order chi connectivity index (χ0) is 13.1. The Bertz CT molecular complexity index is 466. The Morgan fingerprint density at radius 3 is 2.29 bits per heavy atom. The summed E-state index contributed by atoms with van der Waals surface area (Å²) in [6.07, 6.45) is 0. The molecule has 1 unspecified atom stereocenters. The summed E-state index contributed by atoms with van der Waals surface area (Å²) >= 11 is 0. The van der Waals surface area contributed by atoms with Crippen molar-refractivity contribution in [3.8, 4) is 0 Å². The van der Waals surface area contributed by atoms with Crippen molar-refractivity contribution in [2.45, 2.75) is 12.7 Å². The molecule has 0 saturated heterocycles. The first-order chi connectivity index (χ1) is 7.82. The van der Waals surface area contributed by atoms with Gasteiger partial charge in [-0.15, -0.1) is 0 Å². The molecule has 0 aliphatic rings. The SMILES string of the molecule is C=C(C)C(=O)NC(c1ccccc1)P(=O)(O)O. The smallest absolute Gasteiger partial charge is 0.335 e. The average Bonchev–Trinajstić information content (AvgIpc) is 2.25. The Labute approximate surface area is 99.3 Å². The fraction of sp³-hybridized carbons (Fsp3) is 0.182. The zero-order valence-electron chi connectivity index (χ0n) is 9.33. The molecule has 1 atom stereocenters. The Morgan fingerprint density at radius 1 is 1.35 bits per heavy atom. The van der Waals surface area contributed by atoms with Crippen LogP contribution < -0.4 is 5.32 Å². The maximum atomic E-state index is 11.4. The van der Waals surface area contributed by atoms with Gasteiger partial charge in [0.25, 0.3) is 0 Å². The normalized spacial score (nSPS) is 12.9. The third-order valence-corrected chi connectivity index (χ3v) is 3.21. The highest BCUT2D eigenvalue weighted by atomic mass is 31.2. The molecule has 92 valence electrons. The number of rotatable bonds is 4. The summed E-state index contributed by atoms with van der Waals surface area (Å²) in [7, 11) is -4.46. The van der Waals surface area contributed by atoms with Gasteiger partial charge in [0, 0.05) is 5.57 Å². The van der Waals surface area contributed by atoms with Crippen molar-refractivity contribution in [1.29, 1.82) is 0 Å². The third kappa shape index (κ3) is 3.82. The quantitative estimate of drug-likeness (QED) is 0.562. The van der Waals surface area contributed by atoms with Gasteiger partial charge < -0.3 is 15.1 Å². The first-order valence-corrected chi connectivity index (χ1v) is 6.57. The van der Waals surface area contributed by atoms with E-state index in [4.69, 9.17) is 0 Å². The topological polar surface area (TPSA) is 86.6 Å². The maximum Gasteiger partial charge on any atom is 0.352 e. The standard InChI is InChI=1S/C11H14NO4P/c1-8(2)10(13)12-11(17(14,15)16)9-6-4-3-5-7-9/h3-7,11H,1H2,2H3,(H,12,13)(H2,14,15,16). The Hall–Kier alpha value is -1.42. The molecule has 0 spiro atoms. The van der Waals surface area contributed by atoms with E-state index in [1.165, 1.54) is 6.92 Å². The zero-order valence-corrected chi connectivity index (χ0v) is 10.2. The lowest BCUT2D eigenvalue weighted by atomic mass is 10.2. The summed E-state index contributed by atoms with van der Waals surface area (Å²) in [5, 5.41) is 2.27. The van der Waals surface area contributed by atoms with Crippen LogP contribution in [0.3, 0.4) is 0 Å². The highest BCUT2D eigenvalue weighted by Crippen LogP contribution is 2.49. The van der Waals surface area contributed by atoms with E-state index >= 15 is 0 Å². The monoisotopic (exact) mass is 255 g/mol. The summed E-state index contributed by atoms with van der Waals surface area (Å²) in [5.74, 6) is -1.92. The molecule has 5 nitrogen and oxygen atoms in total. The van der Waals surface area contributed by atoms with E-state index in [0.717, 1.165) is 0 Å². The van der Waals surface area contributed by atoms with Gasteiger partial charge in [0.05, 0.1) is 0 Å². The van der Waals surface area contributed by atoms with Crippen molar-refractivity contribution >= 4 is 13.5 Å². The summed E-state index contributed by atoms with van der Waals surface area (Å²) in [5.41, 5.74) is 0.551. The molecule has 0 radical (unpaired) electrons. The molecule has 0 bridgehead atoms. The van der Waals surface area contributed by atoms with Crippen LogP contribution in [0.15, 0.2) is 42.5 Å². The van der Waals surface area contributed by atoms with Gasteiger partial charge in [-0.3, -0.25) is 9.36 Å². The molecule has 17 heavy (non-hydrogen) atoms. The molecule has 1 aromatic carbocycles. The lowest BCUT2D eigenvalue weighted by molar-refractivity contribution is -0.117. The fourth-order valence-corrected chi connectivity index (χ4v) is 2.09. The van der Waals surface area contributed by atoms with Crippen LogP contribution in [0.1, 0.15) is 18.3 Å². The highest BCUT2D eigenvalue weighted by molar-refractivity contribution is 7.52. The van der Waals surface area contributed by atoms with E-state index in [9.17, 15) is 19.1 Å². The van der Waals surface area contributed by atoms with Crippen molar-refractivity contribution in [2.75, 3.05) is 0 Å². The number of benzene rings is 1.